The Balaban J connectivity index is 1.84. The van der Waals surface area contributed by atoms with Crippen LogP contribution in [0.1, 0.15) is 44.2 Å². The van der Waals surface area contributed by atoms with Gasteiger partial charge in [0, 0.05) is 18.1 Å². The summed E-state index contributed by atoms with van der Waals surface area (Å²) in [7, 11) is 0. The van der Waals surface area contributed by atoms with Gasteiger partial charge in [-0.2, -0.15) is 10.2 Å². The van der Waals surface area contributed by atoms with Gasteiger partial charge in [0.25, 0.3) is 11.5 Å². The number of benzene rings is 1. The molecule has 8 nitrogen and oxygen atoms in total. The molecule has 3 rings (SSSR count). The molecule has 8 heteroatoms. The first-order valence-electron chi connectivity index (χ1n) is 10.0. The van der Waals surface area contributed by atoms with Gasteiger partial charge in [-0.1, -0.05) is 32.0 Å². The zero-order valence-electron chi connectivity index (χ0n) is 17.4. The van der Waals surface area contributed by atoms with Gasteiger partial charge in [-0.3, -0.25) is 14.3 Å². The van der Waals surface area contributed by atoms with Gasteiger partial charge in [0.05, 0.1) is 29.9 Å². The highest BCUT2D eigenvalue weighted by Gasteiger charge is 2.18. The summed E-state index contributed by atoms with van der Waals surface area (Å²) in [6, 6.07) is 6.90. The third-order valence-electron chi connectivity index (χ3n) is 4.96. The van der Waals surface area contributed by atoms with Crippen LogP contribution in [0.4, 0.5) is 5.69 Å². The van der Waals surface area contributed by atoms with Crippen LogP contribution in [-0.4, -0.2) is 50.0 Å². The molecule has 2 heterocycles. The summed E-state index contributed by atoms with van der Waals surface area (Å²) < 4.78 is 3.17. The van der Waals surface area contributed by atoms with Crippen molar-refractivity contribution in [2.45, 2.75) is 40.3 Å². The second-order valence-corrected chi connectivity index (χ2v) is 7.21. The van der Waals surface area contributed by atoms with Gasteiger partial charge in [-0.25, -0.2) is 4.68 Å². The molecular weight excluding hydrogens is 368 g/mol. The second-order valence-electron chi connectivity index (χ2n) is 7.21. The average Bonchev–Trinajstić information content (AvgIpc) is 3.16. The third kappa shape index (κ3) is 4.54. The van der Waals surface area contributed by atoms with Crippen LogP contribution < -0.4 is 10.9 Å². The highest BCUT2D eigenvalue weighted by atomic mass is 16.2. The first-order chi connectivity index (χ1) is 13.9. The largest absolute Gasteiger partial charge is 0.318 e. The number of nitrogens with zero attached hydrogens (tertiary/aromatic N) is 5. The average molecular weight is 396 g/mol. The van der Waals surface area contributed by atoms with E-state index in [1.807, 2.05) is 24.7 Å². The molecule has 0 saturated heterocycles. The molecule has 0 bridgehead atoms. The number of nitrogens with one attached hydrogen (secondary N) is 1. The minimum absolute atomic E-state index is 0.151. The minimum atomic E-state index is -0.362. The fraction of sp³-hybridized carbons (Fsp3) is 0.429. The molecule has 0 saturated carbocycles. The lowest BCUT2D eigenvalue weighted by Crippen LogP contribution is -2.28. The first-order valence-corrected chi connectivity index (χ1v) is 10.0. The molecule has 0 fully saturated rings. The SMILES string of the molecule is CCN(CC)CCn1cc(NC(=O)c2nn(C(C)C)c(=O)c3ccccc23)cn1. The standard InChI is InChI=1S/C21H28N6O2/c1-5-25(6-2)11-12-26-14-16(13-22-26)23-20(28)19-17-9-7-8-10-18(17)21(29)27(24-19)15(3)4/h7-10,13-15H,5-6,11-12H2,1-4H3,(H,23,28). The summed E-state index contributed by atoms with van der Waals surface area (Å²) in [5.41, 5.74) is 0.629. The number of likely N-dealkylation sites (N-methyl/N-ethyl adjacent to an activating group) is 1. The van der Waals surface area contributed by atoms with Gasteiger partial charge in [0.1, 0.15) is 0 Å². The molecule has 1 amide bonds. The summed E-state index contributed by atoms with van der Waals surface area (Å²) >= 11 is 0. The predicted molar refractivity (Wildman–Crippen MR) is 114 cm³/mol. The van der Waals surface area contributed by atoms with Gasteiger partial charge in [0.2, 0.25) is 0 Å². The van der Waals surface area contributed by atoms with Crippen LogP contribution in [-0.2, 0) is 6.54 Å². The van der Waals surface area contributed by atoms with E-state index in [0.29, 0.717) is 16.5 Å². The summed E-state index contributed by atoms with van der Waals surface area (Å²) in [6.45, 7) is 11.6. The van der Waals surface area contributed by atoms with E-state index in [2.05, 4.69) is 34.3 Å². The Morgan fingerprint density at radius 1 is 1.17 bits per heavy atom. The van der Waals surface area contributed by atoms with Gasteiger partial charge in [-0.05, 0) is 33.0 Å². The Morgan fingerprint density at radius 2 is 1.86 bits per heavy atom. The van der Waals surface area contributed by atoms with Crippen molar-refractivity contribution in [3.63, 3.8) is 0 Å². The summed E-state index contributed by atoms with van der Waals surface area (Å²) in [6.07, 6.45) is 3.43. The van der Waals surface area contributed by atoms with Crippen molar-refractivity contribution in [1.29, 1.82) is 0 Å². The van der Waals surface area contributed by atoms with Crippen LogP contribution in [0.3, 0.4) is 0 Å². The molecule has 0 aliphatic heterocycles. The molecule has 1 aromatic carbocycles. The molecule has 2 aromatic heterocycles. The fourth-order valence-electron chi connectivity index (χ4n) is 3.25. The minimum Gasteiger partial charge on any atom is -0.318 e. The Hall–Kier alpha value is -3.00. The molecule has 3 aromatic rings. The molecule has 154 valence electrons. The molecular formula is C21H28N6O2. The molecule has 0 spiro atoms. The van der Waals surface area contributed by atoms with Crippen molar-refractivity contribution in [3.05, 3.63) is 52.7 Å². The lowest BCUT2D eigenvalue weighted by molar-refractivity contribution is 0.102. The highest BCUT2D eigenvalue weighted by molar-refractivity contribution is 6.11. The number of hydrogen-bond acceptors (Lipinski definition) is 5. The van der Waals surface area contributed by atoms with Crippen LogP contribution in [0.25, 0.3) is 10.8 Å². The van der Waals surface area contributed by atoms with E-state index in [1.165, 1.54) is 4.68 Å². The predicted octanol–water partition coefficient (Wildman–Crippen LogP) is 2.77. The Labute approximate surface area is 170 Å². The number of fused-ring (bicyclic) bond motifs is 1. The number of carbonyl (C=O) groups is 1. The van der Waals surface area contributed by atoms with Crippen molar-refractivity contribution in [2.24, 2.45) is 0 Å². The number of carbonyl (C=O) groups excluding carboxylic acids is 1. The zero-order chi connectivity index (χ0) is 21.0. The van der Waals surface area contributed by atoms with Crippen LogP contribution in [0.2, 0.25) is 0 Å². The second kappa shape index (κ2) is 9.00. The van der Waals surface area contributed by atoms with E-state index >= 15 is 0 Å². The maximum atomic E-state index is 12.9. The lowest BCUT2D eigenvalue weighted by Gasteiger charge is -2.17. The van der Waals surface area contributed by atoms with E-state index < -0.39 is 0 Å². The molecule has 0 radical (unpaired) electrons. The normalized spacial score (nSPS) is 11.5. The summed E-state index contributed by atoms with van der Waals surface area (Å²) in [5.74, 6) is -0.362. The van der Waals surface area contributed by atoms with Crippen LogP contribution in [0, 0.1) is 0 Å². The Kier molecular flexibility index (Phi) is 6.43. The summed E-state index contributed by atoms with van der Waals surface area (Å²) in [5, 5.41) is 12.6. The number of amides is 1. The molecule has 29 heavy (non-hydrogen) atoms. The first kappa shape index (κ1) is 20.7. The van der Waals surface area contributed by atoms with Gasteiger partial charge in [-0.15, -0.1) is 0 Å². The van der Waals surface area contributed by atoms with Crippen LogP contribution in [0.5, 0.6) is 0 Å². The highest BCUT2D eigenvalue weighted by Crippen LogP contribution is 2.16. The maximum Gasteiger partial charge on any atom is 0.276 e. The molecule has 0 atom stereocenters. The topological polar surface area (TPSA) is 85.0 Å². The van der Waals surface area contributed by atoms with Crippen molar-refractivity contribution < 1.29 is 4.79 Å². The molecule has 0 unspecified atom stereocenters. The quantitative estimate of drug-likeness (QED) is 0.633. The fourth-order valence-corrected chi connectivity index (χ4v) is 3.25. The Bertz CT molecular complexity index is 1050. The number of hydrogen-bond donors (Lipinski definition) is 1. The molecule has 0 aliphatic carbocycles. The van der Waals surface area contributed by atoms with Crippen molar-refractivity contribution >= 4 is 22.4 Å². The van der Waals surface area contributed by atoms with E-state index in [1.54, 1.807) is 30.5 Å². The van der Waals surface area contributed by atoms with Gasteiger partial charge < -0.3 is 10.2 Å². The van der Waals surface area contributed by atoms with Crippen molar-refractivity contribution in [1.82, 2.24) is 24.5 Å². The van der Waals surface area contributed by atoms with Crippen LogP contribution >= 0.6 is 0 Å². The summed E-state index contributed by atoms with van der Waals surface area (Å²) in [4.78, 5) is 27.9. The van der Waals surface area contributed by atoms with Crippen molar-refractivity contribution in [3.8, 4) is 0 Å². The molecule has 0 aliphatic rings. The Morgan fingerprint density at radius 3 is 2.52 bits per heavy atom. The third-order valence-corrected chi connectivity index (χ3v) is 4.96. The zero-order valence-corrected chi connectivity index (χ0v) is 17.4. The maximum absolute atomic E-state index is 12.9. The van der Waals surface area contributed by atoms with Gasteiger partial charge >= 0.3 is 0 Å². The van der Waals surface area contributed by atoms with Crippen molar-refractivity contribution in [2.75, 3.05) is 25.0 Å². The smallest absolute Gasteiger partial charge is 0.276 e. The monoisotopic (exact) mass is 396 g/mol. The van der Waals surface area contributed by atoms with E-state index in [0.717, 1.165) is 26.2 Å². The molecule has 1 N–H and O–H groups in total. The van der Waals surface area contributed by atoms with Crippen LogP contribution in [0.15, 0.2) is 41.5 Å². The van der Waals surface area contributed by atoms with E-state index in [4.69, 9.17) is 0 Å². The van der Waals surface area contributed by atoms with Gasteiger partial charge in [0.15, 0.2) is 5.69 Å². The lowest BCUT2D eigenvalue weighted by atomic mass is 10.1. The number of anilines is 1. The van der Waals surface area contributed by atoms with E-state index in [-0.39, 0.29) is 23.2 Å². The van der Waals surface area contributed by atoms with E-state index in [9.17, 15) is 9.59 Å². The number of rotatable bonds is 8. The number of aromatic nitrogens is 4.